The minimum Gasteiger partial charge on any atom is -0.484 e. The van der Waals surface area contributed by atoms with Crippen molar-refractivity contribution in [3.8, 4) is 5.75 Å². The predicted molar refractivity (Wildman–Crippen MR) is 70.5 cm³/mol. The molecule has 0 fully saturated rings. The van der Waals surface area contributed by atoms with E-state index in [1.54, 1.807) is 0 Å². The van der Waals surface area contributed by atoms with Gasteiger partial charge in [0.2, 0.25) is 0 Å². The summed E-state index contributed by atoms with van der Waals surface area (Å²) < 4.78 is 5.36. The van der Waals surface area contributed by atoms with Crippen LogP contribution in [0, 0.1) is 12.8 Å². The zero-order valence-corrected chi connectivity index (χ0v) is 11.1. The first kappa shape index (κ1) is 14.5. The van der Waals surface area contributed by atoms with Gasteiger partial charge in [0.25, 0.3) is 5.91 Å². The Labute approximate surface area is 108 Å². The van der Waals surface area contributed by atoms with Crippen LogP contribution < -0.4 is 10.1 Å². The van der Waals surface area contributed by atoms with Crippen LogP contribution in [0.25, 0.3) is 0 Å². The van der Waals surface area contributed by atoms with Crippen LogP contribution in [0.3, 0.4) is 0 Å². The highest BCUT2D eigenvalue weighted by atomic mass is 16.5. The van der Waals surface area contributed by atoms with Crippen molar-refractivity contribution in [3.63, 3.8) is 0 Å². The Balaban J connectivity index is 2.35. The maximum absolute atomic E-state index is 11.6. The molecule has 2 unspecified atom stereocenters. The number of amides is 1. The minimum atomic E-state index is -0.177. The fraction of sp³-hybridized carbons (Fsp3) is 0.500. The average Bonchev–Trinajstić information content (AvgIpc) is 2.37. The largest absolute Gasteiger partial charge is 0.484 e. The summed E-state index contributed by atoms with van der Waals surface area (Å²) in [6.07, 6.45) is 0. The van der Waals surface area contributed by atoms with Crippen LogP contribution in [-0.2, 0) is 4.79 Å². The van der Waals surface area contributed by atoms with Crippen molar-refractivity contribution in [2.75, 3.05) is 13.2 Å². The van der Waals surface area contributed by atoms with E-state index in [0.29, 0.717) is 5.75 Å². The van der Waals surface area contributed by atoms with Crippen LogP contribution in [-0.4, -0.2) is 30.3 Å². The third-order valence-corrected chi connectivity index (χ3v) is 2.92. The van der Waals surface area contributed by atoms with Gasteiger partial charge in [-0.3, -0.25) is 4.79 Å². The molecule has 0 saturated heterocycles. The molecule has 0 aliphatic carbocycles. The van der Waals surface area contributed by atoms with Crippen molar-refractivity contribution in [1.82, 2.24) is 5.32 Å². The van der Waals surface area contributed by atoms with Crippen molar-refractivity contribution >= 4 is 5.91 Å². The molecule has 1 amide bonds. The molecule has 1 rings (SSSR count). The van der Waals surface area contributed by atoms with E-state index >= 15 is 0 Å². The predicted octanol–water partition coefficient (Wildman–Crippen LogP) is 1.51. The van der Waals surface area contributed by atoms with Crippen molar-refractivity contribution in [2.45, 2.75) is 26.8 Å². The summed E-state index contributed by atoms with van der Waals surface area (Å²) in [6.45, 7) is 5.79. The highest BCUT2D eigenvalue weighted by molar-refractivity contribution is 5.77. The second kappa shape index (κ2) is 7.01. The Morgan fingerprint density at radius 2 is 1.94 bits per heavy atom. The summed E-state index contributed by atoms with van der Waals surface area (Å²) in [6, 6.07) is 7.47. The van der Waals surface area contributed by atoms with Gasteiger partial charge >= 0.3 is 0 Å². The second-order valence-corrected chi connectivity index (χ2v) is 4.62. The van der Waals surface area contributed by atoms with E-state index in [9.17, 15) is 4.79 Å². The zero-order chi connectivity index (χ0) is 13.5. The summed E-state index contributed by atoms with van der Waals surface area (Å²) in [5.41, 5.74) is 1.15. The maximum atomic E-state index is 11.6. The van der Waals surface area contributed by atoms with E-state index in [-0.39, 0.29) is 31.1 Å². The van der Waals surface area contributed by atoms with Gasteiger partial charge in [0.1, 0.15) is 5.75 Å². The number of carbonyl (C=O) groups excluding carboxylic acids is 1. The number of nitrogens with one attached hydrogen (secondary N) is 1. The Morgan fingerprint density at radius 1 is 1.33 bits per heavy atom. The molecule has 0 aliphatic rings. The van der Waals surface area contributed by atoms with Crippen LogP contribution >= 0.6 is 0 Å². The highest BCUT2D eigenvalue weighted by Gasteiger charge is 2.13. The van der Waals surface area contributed by atoms with E-state index in [0.717, 1.165) is 5.56 Å². The van der Waals surface area contributed by atoms with E-state index in [4.69, 9.17) is 9.84 Å². The van der Waals surface area contributed by atoms with Crippen LogP contribution in [0.15, 0.2) is 24.3 Å². The molecule has 0 aromatic heterocycles. The number of aliphatic hydroxyl groups excluding tert-OH is 1. The molecule has 0 aliphatic heterocycles. The molecule has 1 aromatic rings. The number of ether oxygens (including phenoxy) is 1. The first-order valence-electron chi connectivity index (χ1n) is 6.12. The van der Waals surface area contributed by atoms with Crippen LogP contribution in [0.5, 0.6) is 5.75 Å². The van der Waals surface area contributed by atoms with Gasteiger partial charge in [0.05, 0.1) is 0 Å². The Bertz CT molecular complexity index is 375. The van der Waals surface area contributed by atoms with Crippen molar-refractivity contribution < 1.29 is 14.6 Å². The second-order valence-electron chi connectivity index (χ2n) is 4.62. The molecule has 0 heterocycles. The molecule has 0 radical (unpaired) electrons. The summed E-state index contributed by atoms with van der Waals surface area (Å²) in [5, 5.41) is 11.8. The molecule has 4 nitrogen and oxygen atoms in total. The van der Waals surface area contributed by atoms with E-state index in [1.165, 1.54) is 0 Å². The molecule has 1 aromatic carbocycles. The zero-order valence-electron chi connectivity index (χ0n) is 11.1. The van der Waals surface area contributed by atoms with Gasteiger partial charge in [-0.1, -0.05) is 24.6 Å². The molecule has 0 bridgehead atoms. The quantitative estimate of drug-likeness (QED) is 0.805. The van der Waals surface area contributed by atoms with Gasteiger partial charge in [0, 0.05) is 12.6 Å². The molecular formula is C14H21NO3. The standard InChI is InChI=1S/C14H21NO3/c1-10-4-6-13(7-5-10)18-9-14(17)15-12(3)11(2)8-16/h4-7,11-12,16H,8-9H2,1-3H3,(H,15,17). The lowest BCUT2D eigenvalue weighted by molar-refractivity contribution is -0.124. The fourth-order valence-corrected chi connectivity index (χ4v) is 1.38. The number of carbonyl (C=O) groups is 1. The van der Waals surface area contributed by atoms with E-state index < -0.39 is 0 Å². The number of hydrogen-bond acceptors (Lipinski definition) is 3. The Hall–Kier alpha value is -1.55. The normalized spacial score (nSPS) is 13.8. The highest BCUT2D eigenvalue weighted by Crippen LogP contribution is 2.11. The molecule has 0 saturated carbocycles. The third kappa shape index (κ3) is 4.75. The van der Waals surface area contributed by atoms with Crippen LogP contribution in [0.2, 0.25) is 0 Å². The van der Waals surface area contributed by atoms with Gasteiger partial charge in [-0.2, -0.15) is 0 Å². The molecule has 4 heteroatoms. The molecule has 2 N–H and O–H groups in total. The lowest BCUT2D eigenvalue weighted by Crippen LogP contribution is -2.40. The molecule has 18 heavy (non-hydrogen) atoms. The lowest BCUT2D eigenvalue weighted by Gasteiger charge is -2.19. The fourth-order valence-electron chi connectivity index (χ4n) is 1.38. The SMILES string of the molecule is Cc1ccc(OCC(=O)NC(C)C(C)CO)cc1. The van der Waals surface area contributed by atoms with Crippen LogP contribution in [0.1, 0.15) is 19.4 Å². The molecule has 100 valence electrons. The maximum Gasteiger partial charge on any atom is 0.258 e. The van der Waals surface area contributed by atoms with Crippen molar-refractivity contribution in [2.24, 2.45) is 5.92 Å². The number of aliphatic hydroxyl groups is 1. The van der Waals surface area contributed by atoms with E-state index in [2.05, 4.69) is 5.32 Å². The number of aryl methyl sites for hydroxylation is 1. The summed E-state index contributed by atoms with van der Waals surface area (Å²) in [5.74, 6) is 0.537. The van der Waals surface area contributed by atoms with Gasteiger partial charge in [-0.15, -0.1) is 0 Å². The first-order valence-corrected chi connectivity index (χ1v) is 6.12. The Kier molecular flexibility index (Phi) is 5.65. The molecule has 0 spiro atoms. The number of benzene rings is 1. The van der Waals surface area contributed by atoms with Gasteiger partial charge in [-0.25, -0.2) is 0 Å². The third-order valence-electron chi connectivity index (χ3n) is 2.92. The van der Waals surface area contributed by atoms with E-state index in [1.807, 2.05) is 45.0 Å². The topological polar surface area (TPSA) is 58.6 Å². The van der Waals surface area contributed by atoms with Crippen molar-refractivity contribution in [3.05, 3.63) is 29.8 Å². The smallest absolute Gasteiger partial charge is 0.258 e. The average molecular weight is 251 g/mol. The number of rotatable bonds is 6. The minimum absolute atomic E-state index is 0.00838. The van der Waals surface area contributed by atoms with Crippen LogP contribution in [0.4, 0.5) is 0 Å². The summed E-state index contributed by atoms with van der Waals surface area (Å²) in [7, 11) is 0. The number of hydrogen-bond donors (Lipinski definition) is 2. The molecular weight excluding hydrogens is 230 g/mol. The Morgan fingerprint density at radius 3 is 2.50 bits per heavy atom. The van der Waals surface area contributed by atoms with Gasteiger partial charge in [-0.05, 0) is 31.9 Å². The molecule has 2 atom stereocenters. The lowest BCUT2D eigenvalue weighted by atomic mass is 10.1. The first-order chi connectivity index (χ1) is 8.52. The monoisotopic (exact) mass is 251 g/mol. The van der Waals surface area contributed by atoms with Gasteiger partial charge < -0.3 is 15.2 Å². The van der Waals surface area contributed by atoms with Crippen molar-refractivity contribution in [1.29, 1.82) is 0 Å². The summed E-state index contributed by atoms with van der Waals surface area (Å²) in [4.78, 5) is 11.6. The van der Waals surface area contributed by atoms with Gasteiger partial charge in [0.15, 0.2) is 6.61 Å². The summed E-state index contributed by atoms with van der Waals surface area (Å²) >= 11 is 0.